The van der Waals surface area contributed by atoms with Gasteiger partial charge in [-0.15, -0.1) is 0 Å². The van der Waals surface area contributed by atoms with Crippen LogP contribution in [0.1, 0.15) is 40.7 Å². The molecule has 5 heteroatoms. The molecule has 1 rings (SSSR count). The van der Waals surface area contributed by atoms with Crippen molar-refractivity contribution in [1.82, 2.24) is 15.1 Å². The second kappa shape index (κ2) is 5.31. The number of rotatable bonds is 5. The van der Waals surface area contributed by atoms with E-state index in [0.717, 1.165) is 12.4 Å². The van der Waals surface area contributed by atoms with Crippen molar-refractivity contribution in [2.24, 2.45) is 0 Å². The van der Waals surface area contributed by atoms with Crippen LogP contribution in [0, 0.1) is 0 Å². The van der Waals surface area contributed by atoms with E-state index in [-0.39, 0.29) is 11.9 Å². The molecule has 0 radical (unpaired) electrons. The number of likely N-dealkylation sites (N-methyl/N-ethyl adjacent to an activating group) is 1. The molecule has 1 aromatic rings. The zero-order valence-corrected chi connectivity index (χ0v) is 11.2. The van der Waals surface area contributed by atoms with Crippen molar-refractivity contribution in [3.8, 4) is 0 Å². The number of aromatic nitrogens is 2. The third-order valence-electron chi connectivity index (χ3n) is 2.59. The van der Waals surface area contributed by atoms with Crippen LogP contribution in [0.25, 0.3) is 0 Å². The molecular formula is C12H22N4O. The summed E-state index contributed by atoms with van der Waals surface area (Å²) in [7, 11) is 0. The molecule has 0 spiro atoms. The summed E-state index contributed by atoms with van der Waals surface area (Å²) < 4.78 is 1.79. The van der Waals surface area contributed by atoms with E-state index in [2.05, 4.69) is 15.7 Å². The highest BCUT2D eigenvalue weighted by atomic mass is 16.2. The summed E-state index contributed by atoms with van der Waals surface area (Å²) >= 11 is 0. The van der Waals surface area contributed by atoms with Gasteiger partial charge < -0.3 is 10.6 Å². The van der Waals surface area contributed by atoms with Crippen LogP contribution in [0.4, 0.5) is 5.82 Å². The topological polar surface area (TPSA) is 59.0 Å². The van der Waals surface area contributed by atoms with E-state index < -0.39 is 5.54 Å². The summed E-state index contributed by atoms with van der Waals surface area (Å²) in [6.07, 6.45) is 1.69. The predicted molar refractivity (Wildman–Crippen MR) is 69.0 cm³/mol. The van der Waals surface area contributed by atoms with Gasteiger partial charge in [-0.25, -0.2) is 4.68 Å². The second-order valence-corrected chi connectivity index (χ2v) is 4.86. The number of nitrogens with one attached hydrogen (secondary N) is 2. The van der Waals surface area contributed by atoms with Gasteiger partial charge in [0.05, 0.1) is 11.7 Å². The molecule has 0 unspecified atom stereocenters. The van der Waals surface area contributed by atoms with Gasteiger partial charge in [0.1, 0.15) is 5.82 Å². The van der Waals surface area contributed by atoms with E-state index in [1.165, 1.54) is 0 Å². The zero-order valence-electron chi connectivity index (χ0n) is 11.2. The highest BCUT2D eigenvalue weighted by molar-refractivity contribution is 5.96. The fraction of sp³-hybridized carbons (Fsp3) is 0.667. The summed E-state index contributed by atoms with van der Waals surface area (Å²) in [5.41, 5.74) is -0.583. The average Bonchev–Trinajstić information content (AvgIpc) is 2.65. The molecular weight excluding hydrogens is 216 g/mol. The van der Waals surface area contributed by atoms with Gasteiger partial charge in [-0.05, 0) is 34.2 Å². The zero-order chi connectivity index (χ0) is 13.1. The molecule has 0 aromatic carbocycles. The maximum absolute atomic E-state index is 12.1. The number of hydrogen-bond acceptors (Lipinski definition) is 3. The van der Waals surface area contributed by atoms with Crippen molar-refractivity contribution in [2.75, 3.05) is 11.9 Å². The van der Waals surface area contributed by atoms with Crippen LogP contribution >= 0.6 is 0 Å². The van der Waals surface area contributed by atoms with Gasteiger partial charge >= 0.3 is 0 Å². The molecule has 0 fully saturated rings. The van der Waals surface area contributed by atoms with E-state index in [4.69, 9.17) is 0 Å². The smallest absolute Gasteiger partial charge is 0.245 e. The minimum absolute atomic E-state index is 0.0539. The van der Waals surface area contributed by atoms with Crippen LogP contribution in [-0.4, -0.2) is 27.8 Å². The van der Waals surface area contributed by atoms with Gasteiger partial charge in [0.2, 0.25) is 5.91 Å². The molecule has 5 nitrogen and oxygen atoms in total. The lowest BCUT2D eigenvalue weighted by molar-refractivity contribution is -0.121. The van der Waals surface area contributed by atoms with Crippen LogP contribution in [0.3, 0.4) is 0 Å². The molecule has 96 valence electrons. The van der Waals surface area contributed by atoms with Gasteiger partial charge in [-0.1, -0.05) is 6.92 Å². The molecule has 0 bridgehead atoms. The van der Waals surface area contributed by atoms with Crippen molar-refractivity contribution >= 4 is 11.7 Å². The summed E-state index contributed by atoms with van der Waals surface area (Å²) in [6.45, 7) is 10.5. The fourth-order valence-electron chi connectivity index (χ4n) is 1.62. The first-order valence-electron chi connectivity index (χ1n) is 5.98. The van der Waals surface area contributed by atoms with Crippen LogP contribution in [-0.2, 0) is 4.79 Å². The molecule has 0 aliphatic carbocycles. The van der Waals surface area contributed by atoms with E-state index in [1.54, 1.807) is 16.9 Å². The first kappa shape index (κ1) is 13.7. The lowest BCUT2D eigenvalue weighted by Crippen LogP contribution is -2.49. The van der Waals surface area contributed by atoms with Crippen molar-refractivity contribution in [3.63, 3.8) is 0 Å². The monoisotopic (exact) mass is 238 g/mol. The molecule has 1 heterocycles. The molecule has 2 N–H and O–H groups in total. The number of carbonyl (C=O) groups excluding carboxylic acids is 1. The van der Waals surface area contributed by atoms with E-state index in [0.29, 0.717) is 0 Å². The standard InChI is InChI=1S/C12H22N4O/c1-6-13-12(4,5)11(17)15-10-7-8-14-16(10)9(2)3/h7-9,13H,6H2,1-5H3,(H,15,17). The Morgan fingerprint density at radius 3 is 2.71 bits per heavy atom. The third-order valence-corrected chi connectivity index (χ3v) is 2.59. The number of carbonyl (C=O) groups is 1. The van der Waals surface area contributed by atoms with Gasteiger partial charge in [0.25, 0.3) is 0 Å². The number of hydrogen-bond donors (Lipinski definition) is 2. The Kier molecular flexibility index (Phi) is 4.28. The van der Waals surface area contributed by atoms with E-state index in [9.17, 15) is 4.79 Å². The van der Waals surface area contributed by atoms with Gasteiger partial charge in [0, 0.05) is 12.1 Å². The number of nitrogens with zero attached hydrogens (tertiary/aromatic N) is 2. The summed E-state index contributed by atoms with van der Waals surface area (Å²) in [6, 6.07) is 2.03. The minimum atomic E-state index is -0.583. The first-order chi connectivity index (χ1) is 7.88. The molecule has 0 saturated carbocycles. The normalized spacial score (nSPS) is 11.9. The summed E-state index contributed by atoms with van der Waals surface area (Å²) in [5, 5.41) is 10.2. The highest BCUT2D eigenvalue weighted by Gasteiger charge is 2.27. The van der Waals surface area contributed by atoms with Gasteiger partial charge in [0.15, 0.2) is 0 Å². The Labute approximate surface area is 103 Å². The highest BCUT2D eigenvalue weighted by Crippen LogP contribution is 2.15. The average molecular weight is 238 g/mol. The third kappa shape index (κ3) is 3.30. The Balaban J connectivity index is 2.77. The second-order valence-electron chi connectivity index (χ2n) is 4.86. The van der Waals surface area contributed by atoms with Crippen molar-refractivity contribution in [1.29, 1.82) is 0 Å². The summed E-state index contributed by atoms with van der Waals surface area (Å²) in [5.74, 6) is 0.678. The van der Waals surface area contributed by atoms with Gasteiger partial charge in [-0.2, -0.15) is 5.10 Å². The Morgan fingerprint density at radius 1 is 1.53 bits per heavy atom. The maximum atomic E-state index is 12.1. The quantitative estimate of drug-likeness (QED) is 0.822. The molecule has 17 heavy (non-hydrogen) atoms. The molecule has 0 aliphatic heterocycles. The molecule has 0 atom stereocenters. The number of anilines is 1. The molecule has 0 aliphatic rings. The van der Waals surface area contributed by atoms with Crippen LogP contribution in [0.5, 0.6) is 0 Å². The predicted octanol–water partition coefficient (Wildman–Crippen LogP) is 1.79. The molecule has 1 aromatic heterocycles. The maximum Gasteiger partial charge on any atom is 0.245 e. The lowest BCUT2D eigenvalue weighted by atomic mass is 10.0. The Hall–Kier alpha value is -1.36. The Morgan fingerprint density at radius 2 is 2.18 bits per heavy atom. The largest absolute Gasteiger partial charge is 0.309 e. The van der Waals surface area contributed by atoms with Crippen LogP contribution < -0.4 is 10.6 Å². The first-order valence-corrected chi connectivity index (χ1v) is 5.98. The molecule has 1 amide bonds. The Bertz CT molecular complexity index is 382. The van der Waals surface area contributed by atoms with Gasteiger partial charge in [-0.3, -0.25) is 4.79 Å². The lowest BCUT2D eigenvalue weighted by Gasteiger charge is -2.24. The van der Waals surface area contributed by atoms with Crippen molar-refractivity contribution in [2.45, 2.75) is 46.2 Å². The SMILES string of the molecule is CCNC(C)(C)C(=O)Nc1ccnn1C(C)C. The van der Waals surface area contributed by atoms with Crippen LogP contribution in [0.2, 0.25) is 0 Å². The van der Waals surface area contributed by atoms with E-state index in [1.807, 2.05) is 34.6 Å². The summed E-state index contributed by atoms with van der Waals surface area (Å²) in [4.78, 5) is 12.1. The van der Waals surface area contributed by atoms with E-state index >= 15 is 0 Å². The van der Waals surface area contributed by atoms with Crippen molar-refractivity contribution in [3.05, 3.63) is 12.3 Å². The van der Waals surface area contributed by atoms with Crippen LogP contribution in [0.15, 0.2) is 12.3 Å². The van der Waals surface area contributed by atoms with Crippen molar-refractivity contribution < 1.29 is 4.79 Å². The fourth-order valence-corrected chi connectivity index (χ4v) is 1.62. The number of amides is 1. The molecule has 0 saturated heterocycles. The minimum Gasteiger partial charge on any atom is -0.309 e.